The molecule has 3 unspecified atom stereocenters. The van der Waals surface area contributed by atoms with Crippen molar-refractivity contribution in [1.82, 2.24) is 0 Å². The molecule has 0 bridgehead atoms. The molecule has 4 heteroatoms. The summed E-state index contributed by atoms with van der Waals surface area (Å²) in [5, 5.41) is 8.17. The first-order chi connectivity index (χ1) is 8.97. The molecule has 0 aliphatic heterocycles. The summed E-state index contributed by atoms with van der Waals surface area (Å²) in [6.45, 7) is 4.57. The Kier molecular flexibility index (Phi) is 4.35. The van der Waals surface area contributed by atoms with E-state index < -0.39 is 0 Å². The lowest BCUT2D eigenvalue weighted by Crippen LogP contribution is -2.29. The van der Waals surface area contributed by atoms with Crippen LogP contribution in [0.1, 0.15) is 38.7 Å². The van der Waals surface area contributed by atoms with Gasteiger partial charge < -0.3 is 10.5 Å². The van der Waals surface area contributed by atoms with Gasteiger partial charge in [-0.25, -0.2) is 0 Å². The molecular formula is C15H21ClN2O. The predicted octanol–water partition coefficient (Wildman–Crippen LogP) is 3.83. The lowest BCUT2D eigenvalue weighted by Gasteiger charge is -2.32. The summed E-state index contributed by atoms with van der Waals surface area (Å²) in [5.41, 5.74) is 6.16. The van der Waals surface area contributed by atoms with Gasteiger partial charge in [-0.15, -0.1) is 0 Å². The molecule has 1 saturated carbocycles. The number of amidine groups is 1. The summed E-state index contributed by atoms with van der Waals surface area (Å²) < 4.78 is 6.04. The molecule has 0 saturated heterocycles. The molecule has 1 fully saturated rings. The van der Waals surface area contributed by atoms with Crippen LogP contribution < -0.4 is 10.5 Å². The van der Waals surface area contributed by atoms with Gasteiger partial charge in [-0.1, -0.05) is 25.4 Å². The van der Waals surface area contributed by atoms with Gasteiger partial charge in [0.05, 0.1) is 11.7 Å². The van der Waals surface area contributed by atoms with E-state index in [1.54, 1.807) is 12.1 Å². The third-order valence-corrected chi connectivity index (χ3v) is 4.31. The number of benzene rings is 1. The fourth-order valence-electron chi connectivity index (χ4n) is 2.60. The molecule has 1 aliphatic carbocycles. The number of nitrogen functional groups attached to an aromatic ring is 1. The van der Waals surface area contributed by atoms with Crippen molar-refractivity contribution in [3.05, 3.63) is 28.8 Å². The molecular weight excluding hydrogens is 260 g/mol. The lowest BCUT2D eigenvalue weighted by atomic mass is 9.80. The minimum absolute atomic E-state index is 0.00488. The van der Waals surface area contributed by atoms with Crippen LogP contribution >= 0.6 is 11.6 Å². The Morgan fingerprint density at radius 2 is 2.05 bits per heavy atom. The van der Waals surface area contributed by atoms with E-state index in [-0.39, 0.29) is 11.9 Å². The van der Waals surface area contributed by atoms with Crippen LogP contribution in [0.25, 0.3) is 0 Å². The zero-order chi connectivity index (χ0) is 14.0. The highest BCUT2D eigenvalue weighted by Crippen LogP contribution is 2.33. The monoisotopic (exact) mass is 280 g/mol. The Morgan fingerprint density at radius 1 is 1.32 bits per heavy atom. The summed E-state index contributed by atoms with van der Waals surface area (Å²) in [7, 11) is 0. The zero-order valence-electron chi connectivity index (χ0n) is 11.4. The van der Waals surface area contributed by atoms with E-state index in [9.17, 15) is 0 Å². The van der Waals surface area contributed by atoms with E-state index in [0.717, 1.165) is 18.8 Å². The molecule has 2 rings (SSSR count). The molecule has 0 spiro atoms. The van der Waals surface area contributed by atoms with Gasteiger partial charge in [0.25, 0.3) is 0 Å². The van der Waals surface area contributed by atoms with Gasteiger partial charge >= 0.3 is 0 Å². The number of nitrogens with two attached hydrogens (primary N) is 1. The van der Waals surface area contributed by atoms with Crippen molar-refractivity contribution in [3.8, 4) is 5.75 Å². The second-order valence-electron chi connectivity index (χ2n) is 5.56. The molecule has 1 aliphatic rings. The molecule has 0 heterocycles. The van der Waals surface area contributed by atoms with Crippen molar-refractivity contribution in [1.29, 1.82) is 5.41 Å². The first-order valence-corrected chi connectivity index (χ1v) is 7.15. The minimum Gasteiger partial charge on any atom is -0.490 e. The highest BCUT2D eigenvalue weighted by molar-refractivity contribution is 6.31. The normalized spacial score (nSPS) is 27.0. The number of ether oxygens (including phenoxy) is 1. The molecule has 104 valence electrons. The van der Waals surface area contributed by atoms with Crippen LogP contribution in [0.5, 0.6) is 5.75 Å². The summed E-state index contributed by atoms with van der Waals surface area (Å²) in [5.74, 6) is 2.10. The summed E-state index contributed by atoms with van der Waals surface area (Å²) in [6, 6.07) is 5.27. The average molecular weight is 281 g/mol. The van der Waals surface area contributed by atoms with Gasteiger partial charge in [-0.3, -0.25) is 5.41 Å². The Labute approximate surface area is 119 Å². The topological polar surface area (TPSA) is 59.1 Å². The third kappa shape index (κ3) is 3.41. The highest BCUT2D eigenvalue weighted by Gasteiger charge is 2.26. The fraction of sp³-hybridized carbons (Fsp3) is 0.533. The first-order valence-electron chi connectivity index (χ1n) is 6.78. The van der Waals surface area contributed by atoms with Gasteiger partial charge in [0.15, 0.2) is 0 Å². The van der Waals surface area contributed by atoms with Crippen molar-refractivity contribution >= 4 is 17.4 Å². The fourth-order valence-corrected chi connectivity index (χ4v) is 2.77. The quantitative estimate of drug-likeness (QED) is 0.653. The van der Waals surface area contributed by atoms with E-state index in [0.29, 0.717) is 22.3 Å². The van der Waals surface area contributed by atoms with Crippen molar-refractivity contribution in [3.63, 3.8) is 0 Å². The number of hydrogen-bond acceptors (Lipinski definition) is 2. The highest BCUT2D eigenvalue weighted by atomic mass is 35.5. The molecule has 19 heavy (non-hydrogen) atoms. The van der Waals surface area contributed by atoms with Gasteiger partial charge in [-0.05, 0) is 49.3 Å². The van der Waals surface area contributed by atoms with Crippen molar-refractivity contribution < 1.29 is 4.74 Å². The maximum atomic E-state index is 7.60. The zero-order valence-corrected chi connectivity index (χ0v) is 12.2. The molecule has 3 nitrogen and oxygen atoms in total. The Morgan fingerprint density at radius 3 is 2.68 bits per heavy atom. The Balaban J connectivity index is 2.13. The number of rotatable bonds is 3. The molecule has 0 aromatic heterocycles. The summed E-state index contributed by atoms with van der Waals surface area (Å²) in [4.78, 5) is 0. The van der Waals surface area contributed by atoms with Gasteiger partial charge in [0.2, 0.25) is 0 Å². The van der Waals surface area contributed by atoms with Gasteiger partial charge in [-0.2, -0.15) is 0 Å². The minimum atomic E-state index is -0.00488. The van der Waals surface area contributed by atoms with Crippen LogP contribution in [0, 0.1) is 17.2 Å². The van der Waals surface area contributed by atoms with E-state index in [2.05, 4.69) is 13.8 Å². The predicted molar refractivity (Wildman–Crippen MR) is 79.1 cm³/mol. The average Bonchev–Trinajstić information content (AvgIpc) is 2.36. The summed E-state index contributed by atoms with van der Waals surface area (Å²) >= 11 is 5.94. The lowest BCUT2D eigenvalue weighted by molar-refractivity contribution is 0.100. The Hall–Kier alpha value is -1.22. The van der Waals surface area contributed by atoms with E-state index in [1.165, 1.54) is 6.42 Å². The largest absolute Gasteiger partial charge is 0.490 e. The van der Waals surface area contributed by atoms with Gasteiger partial charge in [0, 0.05) is 5.02 Å². The maximum absolute atomic E-state index is 7.60. The van der Waals surface area contributed by atoms with Crippen LogP contribution in [0.15, 0.2) is 18.2 Å². The molecule has 0 radical (unpaired) electrons. The number of halogens is 1. The van der Waals surface area contributed by atoms with Crippen molar-refractivity contribution in [2.24, 2.45) is 17.6 Å². The molecule has 0 amide bonds. The smallest absolute Gasteiger partial charge is 0.130 e. The van der Waals surface area contributed by atoms with E-state index in [1.807, 2.05) is 6.07 Å². The molecule has 1 aromatic carbocycles. The van der Waals surface area contributed by atoms with Crippen LogP contribution in [0.2, 0.25) is 5.02 Å². The number of nitrogens with one attached hydrogen (secondary N) is 1. The maximum Gasteiger partial charge on any atom is 0.130 e. The van der Waals surface area contributed by atoms with Crippen molar-refractivity contribution in [2.75, 3.05) is 0 Å². The second-order valence-corrected chi connectivity index (χ2v) is 6.00. The van der Waals surface area contributed by atoms with Crippen LogP contribution in [0.3, 0.4) is 0 Å². The second kappa shape index (κ2) is 5.83. The molecule has 3 atom stereocenters. The van der Waals surface area contributed by atoms with Crippen LogP contribution in [-0.2, 0) is 0 Å². The number of hydrogen-bond donors (Lipinski definition) is 2. The van der Waals surface area contributed by atoms with E-state index >= 15 is 0 Å². The Bertz CT molecular complexity index is 475. The summed E-state index contributed by atoms with van der Waals surface area (Å²) in [6.07, 6.45) is 3.52. The van der Waals surface area contributed by atoms with Gasteiger partial charge in [0.1, 0.15) is 11.6 Å². The van der Waals surface area contributed by atoms with Crippen LogP contribution in [-0.4, -0.2) is 11.9 Å². The van der Waals surface area contributed by atoms with Crippen molar-refractivity contribution in [2.45, 2.75) is 39.2 Å². The first kappa shape index (κ1) is 14.2. The van der Waals surface area contributed by atoms with Crippen LogP contribution in [0.4, 0.5) is 0 Å². The van der Waals surface area contributed by atoms with E-state index in [4.69, 9.17) is 27.5 Å². The SMILES string of the molecule is CC1CCC(Oc2ccc(Cl)cc2C(=N)N)CC1C. The molecule has 3 N–H and O–H groups in total. The molecule has 1 aromatic rings. The standard InChI is InChI=1S/C15H21ClN2O/c1-9-3-5-12(7-10(9)2)19-14-6-4-11(16)8-13(14)15(17)18/h4,6,8-10,12H,3,5,7H2,1-2H3,(H3,17,18). The third-order valence-electron chi connectivity index (χ3n) is 4.08.